The number of methoxy groups -OCH3 is 1. The van der Waals surface area contributed by atoms with E-state index in [4.69, 9.17) is 4.74 Å². The van der Waals surface area contributed by atoms with Crippen molar-refractivity contribution in [3.05, 3.63) is 29.6 Å². The average molecular weight is 291 g/mol. The van der Waals surface area contributed by atoms with E-state index >= 15 is 0 Å². The Bertz CT molecular complexity index is 499. The third kappa shape index (κ3) is 4.26. The summed E-state index contributed by atoms with van der Waals surface area (Å²) in [5.41, 5.74) is 0.798. The van der Waals surface area contributed by atoms with E-state index in [0.29, 0.717) is 24.4 Å². The Balaban J connectivity index is 1.96. The van der Waals surface area contributed by atoms with Gasteiger partial charge in [0.1, 0.15) is 5.69 Å². The number of nitrogens with zero attached hydrogens (tertiary/aromatic N) is 2. The van der Waals surface area contributed by atoms with Crippen LogP contribution in [0.15, 0.2) is 18.3 Å². The summed E-state index contributed by atoms with van der Waals surface area (Å²) < 4.78 is 4.93. The first-order valence-electron chi connectivity index (χ1n) is 7.25. The maximum atomic E-state index is 12.2. The quantitative estimate of drug-likeness (QED) is 0.796. The SMILES string of the molecule is COCCCNC(=O)c1ccnc(C(=O)N2CCCC2)c1. The molecule has 0 saturated carbocycles. The lowest BCUT2D eigenvalue weighted by Gasteiger charge is -2.14. The van der Waals surface area contributed by atoms with E-state index in [9.17, 15) is 9.59 Å². The standard InChI is InChI=1S/C15H21N3O3/c1-21-10-4-6-17-14(19)12-5-7-16-13(11-12)15(20)18-8-2-3-9-18/h5,7,11H,2-4,6,8-10H2,1H3,(H,17,19). The van der Waals surface area contributed by atoms with Crippen molar-refractivity contribution in [1.82, 2.24) is 15.2 Å². The molecule has 0 aliphatic carbocycles. The van der Waals surface area contributed by atoms with E-state index in [0.717, 1.165) is 32.4 Å². The number of carbonyl (C=O) groups is 2. The summed E-state index contributed by atoms with van der Waals surface area (Å²) in [4.78, 5) is 30.1. The fourth-order valence-electron chi connectivity index (χ4n) is 2.29. The molecule has 0 radical (unpaired) electrons. The van der Waals surface area contributed by atoms with Crippen molar-refractivity contribution in [2.75, 3.05) is 33.4 Å². The third-order valence-electron chi connectivity index (χ3n) is 3.45. The van der Waals surface area contributed by atoms with Gasteiger partial charge < -0.3 is 15.0 Å². The van der Waals surface area contributed by atoms with Crippen LogP contribution in [0.1, 0.15) is 40.1 Å². The van der Waals surface area contributed by atoms with Crippen molar-refractivity contribution >= 4 is 11.8 Å². The monoisotopic (exact) mass is 291 g/mol. The van der Waals surface area contributed by atoms with E-state index in [1.54, 1.807) is 24.1 Å². The summed E-state index contributed by atoms with van der Waals surface area (Å²) in [7, 11) is 1.63. The van der Waals surface area contributed by atoms with Crippen LogP contribution in [0.25, 0.3) is 0 Å². The van der Waals surface area contributed by atoms with Crippen LogP contribution in [0, 0.1) is 0 Å². The fourth-order valence-corrected chi connectivity index (χ4v) is 2.29. The van der Waals surface area contributed by atoms with Crippen LogP contribution in [0.3, 0.4) is 0 Å². The van der Waals surface area contributed by atoms with Crippen molar-refractivity contribution in [1.29, 1.82) is 0 Å². The summed E-state index contributed by atoms with van der Waals surface area (Å²) in [6, 6.07) is 3.18. The van der Waals surface area contributed by atoms with Gasteiger partial charge in [-0.3, -0.25) is 14.6 Å². The second kappa shape index (κ2) is 7.73. The molecule has 1 aliphatic rings. The summed E-state index contributed by atoms with van der Waals surface area (Å²) in [5.74, 6) is -0.287. The molecule has 1 saturated heterocycles. The van der Waals surface area contributed by atoms with Gasteiger partial charge in [-0.25, -0.2) is 0 Å². The molecule has 114 valence electrons. The largest absolute Gasteiger partial charge is 0.385 e. The number of hydrogen-bond acceptors (Lipinski definition) is 4. The lowest BCUT2D eigenvalue weighted by molar-refractivity contribution is 0.0787. The number of pyridine rings is 1. The van der Waals surface area contributed by atoms with Crippen molar-refractivity contribution < 1.29 is 14.3 Å². The highest BCUT2D eigenvalue weighted by Gasteiger charge is 2.21. The Morgan fingerprint density at radius 1 is 1.38 bits per heavy atom. The molecule has 2 rings (SSSR count). The molecule has 6 heteroatoms. The zero-order chi connectivity index (χ0) is 15.1. The number of likely N-dealkylation sites (tertiary alicyclic amines) is 1. The zero-order valence-corrected chi connectivity index (χ0v) is 12.3. The Kier molecular flexibility index (Phi) is 5.68. The average Bonchev–Trinajstić information content (AvgIpc) is 3.05. The fraction of sp³-hybridized carbons (Fsp3) is 0.533. The van der Waals surface area contributed by atoms with E-state index in [2.05, 4.69) is 10.3 Å². The van der Waals surface area contributed by atoms with Crippen LogP contribution in [-0.4, -0.2) is 55.0 Å². The van der Waals surface area contributed by atoms with Crippen LogP contribution in [-0.2, 0) is 4.74 Å². The number of carbonyl (C=O) groups excluding carboxylic acids is 2. The molecule has 0 spiro atoms. The summed E-state index contributed by atoms with van der Waals surface area (Å²) >= 11 is 0. The first-order valence-corrected chi connectivity index (χ1v) is 7.25. The molecule has 6 nitrogen and oxygen atoms in total. The summed E-state index contributed by atoms with van der Waals surface area (Å²) in [6.45, 7) is 2.70. The second-order valence-electron chi connectivity index (χ2n) is 5.03. The topological polar surface area (TPSA) is 71.5 Å². The van der Waals surface area contributed by atoms with Crippen LogP contribution >= 0.6 is 0 Å². The first kappa shape index (κ1) is 15.4. The van der Waals surface area contributed by atoms with Gasteiger partial charge in [-0.05, 0) is 31.4 Å². The minimum atomic E-state index is -0.191. The molecule has 1 fully saturated rings. The van der Waals surface area contributed by atoms with Gasteiger partial charge in [-0.1, -0.05) is 0 Å². The molecule has 1 aromatic heterocycles. The van der Waals surface area contributed by atoms with Gasteiger partial charge in [-0.15, -0.1) is 0 Å². The van der Waals surface area contributed by atoms with Crippen molar-refractivity contribution in [3.8, 4) is 0 Å². The highest BCUT2D eigenvalue weighted by atomic mass is 16.5. The van der Waals surface area contributed by atoms with Crippen LogP contribution in [0.4, 0.5) is 0 Å². The molecule has 2 heterocycles. The highest BCUT2D eigenvalue weighted by molar-refractivity contribution is 5.98. The van der Waals surface area contributed by atoms with Gasteiger partial charge in [0, 0.05) is 45.1 Å². The molecule has 2 amide bonds. The minimum Gasteiger partial charge on any atom is -0.385 e. The van der Waals surface area contributed by atoms with Gasteiger partial charge in [0.15, 0.2) is 0 Å². The number of ether oxygens (including phenoxy) is 1. The van der Waals surface area contributed by atoms with E-state index in [-0.39, 0.29) is 11.8 Å². The molecular weight excluding hydrogens is 270 g/mol. The Labute approximate surface area is 124 Å². The van der Waals surface area contributed by atoms with E-state index in [1.807, 2.05) is 0 Å². The maximum absolute atomic E-state index is 12.2. The van der Waals surface area contributed by atoms with Gasteiger partial charge in [0.2, 0.25) is 0 Å². The Hall–Kier alpha value is -1.95. The minimum absolute atomic E-state index is 0.0958. The second-order valence-corrected chi connectivity index (χ2v) is 5.03. The predicted octanol–water partition coefficient (Wildman–Crippen LogP) is 1.08. The number of amides is 2. The van der Waals surface area contributed by atoms with E-state index in [1.165, 1.54) is 6.20 Å². The van der Waals surface area contributed by atoms with Crippen LogP contribution < -0.4 is 5.32 Å². The molecule has 0 bridgehead atoms. The van der Waals surface area contributed by atoms with Gasteiger partial charge in [-0.2, -0.15) is 0 Å². The summed E-state index contributed by atoms with van der Waals surface area (Å²) in [5, 5.41) is 2.80. The van der Waals surface area contributed by atoms with Crippen LogP contribution in [0.2, 0.25) is 0 Å². The first-order chi connectivity index (χ1) is 10.2. The molecule has 1 aromatic rings. The maximum Gasteiger partial charge on any atom is 0.272 e. The van der Waals surface area contributed by atoms with Gasteiger partial charge >= 0.3 is 0 Å². The summed E-state index contributed by atoms with van der Waals surface area (Å²) in [6.07, 6.45) is 4.33. The van der Waals surface area contributed by atoms with Gasteiger partial charge in [0.05, 0.1) is 0 Å². The molecule has 0 atom stereocenters. The van der Waals surface area contributed by atoms with Crippen LogP contribution in [0.5, 0.6) is 0 Å². The van der Waals surface area contributed by atoms with Crippen molar-refractivity contribution in [2.24, 2.45) is 0 Å². The smallest absolute Gasteiger partial charge is 0.272 e. The molecule has 0 unspecified atom stereocenters. The predicted molar refractivity (Wildman–Crippen MR) is 78.2 cm³/mol. The zero-order valence-electron chi connectivity index (χ0n) is 12.3. The molecule has 21 heavy (non-hydrogen) atoms. The Morgan fingerprint density at radius 2 is 2.14 bits per heavy atom. The normalized spacial score (nSPS) is 14.2. The van der Waals surface area contributed by atoms with Crippen molar-refractivity contribution in [2.45, 2.75) is 19.3 Å². The molecular formula is C15H21N3O3. The highest BCUT2D eigenvalue weighted by Crippen LogP contribution is 2.12. The lowest BCUT2D eigenvalue weighted by atomic mass is 10.2. The van der Waals surface area contributed by atoms with E-state index < -0.39 is 0 Å². The molecule has 1 N–H and O–H groups in total. The Morgan fingerprint density at radius 3 is 2.86 bits per heavy atom. The molecule has 1 aliphatic heterocycles. The number of rotatable bonds is 6. The van der Waals surface area contributed by atoms with Crippen molar-refractivity contribution in [3.63, 3.8) is 0 Å². The number of nitrogens with one attached hydrogen (secondary N) is 1. The third-order valence-corrected chi connectivity index (χ3v) is 3.45. The number of aromatic nitrogens is 1. The molecule has 0 aromatic carbocycles. The van der Waals surface area contributed by atoms with Gasteiger partial charge in [0.25, 0.3) is 11.8 Å². The lowest BCUT2D eigenvalue weighted by Crippen LogP contribution is -2.29. The number of hydrogen-bond donors (Lipinski definition) is 1.